The highest BCUT2D eigenvalue weighted by molar-refractivity contribution is 5.89. The second-order valence-electron chi connectivity index (χ2n) is 4.56. The van der Waals surface area contributed by atoms with Crippen molar-refractivity contribution in [1.29, 1.82) is 0 Å². The number of hydrogen-bond acceptors (Lipinski definition) is 4. The van der Waals surface area contributed by atoms with E-state index in [0.29, 0.717) is 12.3 Å². The number of H-pyrrole nitrogens is 1. The molecule has 3 aromatic rings. The summed E-state index contributed by atoms with van der Waals surface area (Å²) >= 11 is 0. The zero-order valence-corrected chi connectivity index (χ0v) is 11.3. The first-order chi connectivity index (χ1) is 11.3. The zero-order chi connectivity index (χ0) is 17.6. The van der Waals surface area contributed by atoms with E-state index >= 15 is 0 Å². The van der Waals surface area contributed by atoms with Crippen LogP contribution in [0.5, 0.6) is 0 Å². The van der Waals surface area contributed by atoms with Gasteiger partial charge in [0.05, 0.1) is 17.5 Å². The Kier molecular flexibility index (Phi) is 3.78. The third kappa shape index (κ3) is 2.51. The lowest BCUT2D eigenvalue weighted by molar-refractivity contribution is 0.116. The molecule has 1 aromatic carbocycles. The van der Waals surface area contributed by atoms with Crippen LogP contribution >= 0.6 is 0 Å². The molecule has 0 atom stereocenters. The van der Waals surface area contributed by atoms with E-state index in [1.54, 1.807) is 0 Å². The first-order valence-corrected chi connectivity index (χ1v) is 6.24. The summed E-state index contributed by atoms with van der Waals surface area (Å²) in [6, 6.07) is 0.369. The van der Waals surface area contributed by atoms with Gasteiger partial charge in [0.15, 0.2) is 11.4 Å². The molecule has 0 spiro atoms. The molecule has 5 nitrogen and oxygen atoms in total. The van der Waals surface area contributed by atoms with Gasteiger partial charge in [0.2, 0.25) is 0 Å². The quantitative estimate of drug-likeness (QED) is 0.732. The first kappa shape index (κ1) is 16.0. The molecular weight excluding hydrogens is 344 g/mol. The molecule has 0 saturated carbocycles. The minimum atomic E-state index is -3.40. The lowest BCUT2D eigenvalue weighted by atomic mass is 10.1. The summed E-state index contributed by atoms with van der Waals surface area (Å²) in [6.45, 7) is 0. The van der Waals surface area contributed by atoms with Crippen LogP contribution in [0, 0.1) is 11.6 Å². The van der Waals surface area contributed by atoms with Gasteiger partial charge < -0.3 is 4.42 Å². The fourth-order valence-corrected chi connectivity index (χ4v) is 2.14. The maximum absolute atomic E-state index is 14.0. The number of rotatable bonds is 3. The Labute approximate surface area is 128 Å². The number of alkyl halides is 4. The van der Waals surface area contributed by atoms with E-state index in [4.69, 9.17) is 0 Å². The van der Waals surface area contributed by atoms with E-state index in [1.807, 2.05) is 4.98 Å². The van der Waals surface area contributed by atoms with E-state index in [2.05, 4.69) is 14.4 Å². The molecule has 0 aliphatic heterocycles. The molecule has 126 valence electrons. The van der Waals surface area contributed by atoms with E-state index in [9.17, 15) is 31.1 Å². The van der Waals surface area contributed by atoms with Crippen molar-refractivity contribution in [2.45, 2.75) is 12.9 Å². The molecule has 1 N–H and O–H groups in total. The van der Waals surface area contributed by atoms with Crippen molar-refractivity contribution < 1.29 is 30.8 Å². The van der Waals surface area contributed by atoms with Crippen LogP contribution < -0.4 is 5.76 Å². The highest BCUT2D eigenvalue weighted by Crippen LogP contribution is 2.33. The monoisotopic (exact) mass is 349 g/mol. The summed E-state index contributed by atoms with van der Waals surface area (Å²) in [5.41, 5.74) is -5.02. The number of fused-ring (bicyclic) bond motifs is 1. The molecule has 11 heteroatoms. The normalized spacial score (nSPS) is 11.8. The third-order valence-corrected chi connectivity index (χ3v) is 3.11. The molecule has 0 radical (unpaired) electrons. The summed E-state index contributed by atoms with van der Waals surface area (Å²) in [5, 5.41) is 0. The van der Waals surface area contributed by atoms with Gasteiger partial charge in [0.1, 0.15) is 22.7 Å². The van der Waals surface area contributed by atoms with Crippen LogP contribution in [0.2, 0.25) is 0 Å². The summed E-state index contributed by atoms with van der Waals surface area (Å²) in [4.78, 5) is 19.6. The molecule has 24 heavy (non-hydrogen) atoms. The fourth-order valence-electron chi connectivity index (χ4n) is 2.14. The SMILES string of the molecule is O=c1[nH]c2c(F)cc(F)c(-c3cnc(C(F)F)c(C(F)F)n3)c2o1. The predicted octanol–water partition coefficient (Wildman–Crippen LogP) is 3.73. The summed E-state index contributed by atoms with van der Waals surface area (Å²) in [5.74, 6) is -3.58. The maximum Gasteiger partial charge on any atom is 0.417 e. The van der Waals surface area contributed by atoms with Gasteiger partial charge in [-0.2, -0.15) is 0 Å². The Balaban J connectivity index is 2.32. The molecular formula is C13H5F6N3O2. The van der Waals surface area contributed by atoms with Crippen molar-refractivity contribution in [3.05, 3.63) is 45.8 Å². The standard InChI is InChI=1S/C13H5F6N3O2/c14-3-1-4(15)7-10(24-13(23)22-7)6(3)5-2-20-8(11(16)17)9(21-5)12(18)19/h1-2,11-12H,(H,22,23). The Hall–Kier alpha value is -2.85. The largest absolute Gasteiger partial charge is 0.417 e. The first-order valence-electron chi connectivity index (χ1n) is 6.24. The molecule has 0 aliphatic rings. The van der Waals surface area contributed by atoms with Gasteiger partial charge in [-0.3, -0.25) is 9.97 Å². The summed E-state index contributed by atoms with van der Waals surface area (Å²) in [7, 11) is 0. The number of aromatic amines is 1. The highest BCUT2D eigenvalue weighted by Gasteiger charge is 2.26. The second kappa shape index (κ2) is 5.65. The molecule has 0 saturated heterocycles. The maximum atomic E-state index is 14.0. The lowest BCUT2D eigenvalue weighted by Gasteiger charge is -2.09. The van der Waals surface area contributed by atoms with Gasteiger partial charge in [-0.15, -0.1) is 0 Å². The van der Waals surface area contributed by atoms with E-state index in [0.717, 1.165) is 0 Å². The predicted molar refractivity (Wildman–Crippen MR) is 67.7 cm³/mol. The molecule has 2 heterocycles. The Morgan fingerprint density at radius 2 is 1.71 bits per heavy atom. The molecule has 0 amide bonds. The zero-order valence-electron chi connectivity index (χ0n) is 11.3. The van der Waals surface area contributed by atoms with Gasteiger partial charge in [0, 0.05) is 6.07 Å². The number of benzene rings is 1. The molecule has 3 rings (SSSR count). The second-order valence-corrected chi connectivity index (χ2v) is 4.56. The summed E-state index contributed by atoms with van der Waals surface area (Å²) < 4.78 is 83.4. The van der Waals surface area contributed by atoms with E-state index < -0.39 is 64.0 Å². The van der Waals surface area contributed by atoms with E-state index in [-0.39, 0.29) is 0 Å². The van der Waals surface area contributed by atoms with Crippen LogP contribution in [-0.4, -0.2) is 15.0 Å². The Morgan fingerprint density at radius 1 is 1.04 bits per heavy atom. The van der Waals surface area contributed by atoms with Crippen molar-refractivity contribution in [2.75, 3.05) is 0 Å². The van der Waals surface area contributed by atoms with Crippen LogP contribution in [-0.2, 0) is 0 Å². The number of hydrogen-bond donors (Lipinski definition) is 1. The Bertz CT molecular complexity index is 982. The van der Waals surface area contributed by atoms with Crippen molar-refractivity contribution in [3.63, 3.8) is 0 Å². The van der Waals surface area contributed by atoms with Gasteiger partial charge in [-0.1, -0.05) is 0 Å². The van der Waals surface area contributed by atoms with Crippen molar-refractivity contribution in [2.24, 2.45) is 0 Å². The van der Waals surface area contributed by atoms with E-state index in [1.165, 1.54) is 0 Å². The van der Waals surface area contributed by atoms with Crippen molar-refractivity contribution >= 4 is 11.1 Å². The number of oxazole rings is 1. The topological polar surface area (TPSA) is 71.8 Å². The Morgan fingerprint density at radius 3 is 2.33 bits per heavy atom. The lowest BCUT2D eigenvalue weighted by Crippen LogP contribution is -2.05. The smallest absolute Gasteiger partial charge is 0.407 e. The van der Waals surface area contributed by atoms with Crippen molar-refractivity contribution in [1.82, 2.24) is 15.0 Å². The molecule has 0 bridgehead atoms. The van der Waals surface area contributed by atoms with Crippen LogP contribution in [0.1, 0.15) is 24.2 Å². The number of halogens is 6. The van der Waals surface area contributed by atoms with Gasteiger partial charge in [-0.25, -0.2) is 36.1 Å². The van der Waals surface area contributed by atoms with Crippen LogP contribution in [0.15, 0.2) is 21.5 Å². The van der Waals surface area contributed by atoms with Crippen LogP contribution in [0.3, 0.4) is 0 Å². The third-order valence-electron chi connectivity index (χ3n) is 3.11. The number of nitrogens with one attached hydrogen (secondary N) is 1. The van der Waals surface area contributed by atoms with Crippen LogP contribution in [0.25, 0.3) is 22.4 Å². The summed E-state index contributed by atoms with van der Waals surface area (Å²) in [6.07, 6.45) is -6.12. The van der Waals surface area contributed by atoms with Gasteiger partial charge >= 0.3 is 5.76 Å². The number of nitrogens with zero attached hydrogens (tertiary/aromatic N) is 2. The van der Waals surface area contributed by atoms with Gasteiger partial charge in [0.25, 0.3) is 12.9 Å². The van der Waals surface area contributed by atoms with Crippen LogP contribution in [0.4, 0.5) is 26.3 Å². The fraction of sp³-hybridized carbons (Fsp3) is 0.154. The van der Waals surface area contributed by atoms with Gasteiger partial charge in [-0.05, 0) is 0 Å². The minimum absolute atomic E-state index is 0.369. The highest BCUT2D eigenvalue weighted by atomic mass is 19.3. The molecule has 0 fully saturated rings. The molecule has 0 unspecified atom stereocenters. The minimum Gasteiger partial charge on any atom is -0.407 e. The number of aromatic nitrogens is 3. The molecule has 0 aliphatic carbocycles. The van der Waals surface area contributed by atoms with Crippen molar-refractivity contribution in [3.8, 4) is 11.3 Å². The average molecular weight is 349 g/mol. The average Bonchev–Trinajstić information content (AvgIpc) is 2.88. The molecule has 2 aromatic heterocycles.